The van der Waals surface area contributed by atoms with Gasteiger partial charge in [-0.15, -0.1) is 0 Å². The van der Waals surface area contributed by atoms with Crippen molar-refractivity contribution in [2.75, 3.05) is 13.2 Å². The van der Waals surface area contributed by atoms with Crippen molar-refractivity contribution in [1.82, 2.24) is 4.98 Å². The van der Waals surface area contributed by atoms with Crippen LogP contribution in [0.25, 0.3) is 10.9 Å². The van der Waals surface area contributed by atoms with Gasteiger partial charge in [0.25, 0.3) is 0 Å². The molecule has 23 heavy (non-hydrogen) atoms. The van der Waals surface area contributed by atoms with Crippen LogP contribution in [0.5, 0.6) is 11.5 Å². The predicted octanol–water partition coefficient (Wildman–Crippen LogP) is 4.78. The van der Waals surface area contributed by atoms with Gasteiger partial charge in [0.2, 0.25) is 0 Å². The lowest BCUT2D eigenvalue weighted by atomic mass is 10.2. The molecule has 0 amide bonds. The number of unbranched alkanes of at least 4 members (excludes halogenated alkanes) is 1. The van der Waals surface area contributed by atoms with Crippen LogP contribution < -0.4 is 9.47 Å². The van der Waals surface area contributed by atoms with Gasteiger partial charge < -0.3 is 9.47 Å². The van der Waals surface area contributed by atoms with Crippen molar-refractivity contribution in [3.63, 3.8) is 0 Å². The molecule has 0 N–H and O–H groups in total. The fraction of sp³-hybridized carbons (Fsp3) is 0.250. The first-order valence-electron chi connectivity index (χ1n) is 7.99. The molecule has 0 bridgehead atoms. The average Bonchev–Trinajstić information content (AvgIpc) is 2.59. The van der Waals surface area contributed by atoms with Crippen molar-refractivity contribution in [2.24, 2.45) is 0 Å². The number of para-hydroxylation sites is 2. The number of nitrogens with zero attached hydrogens (tertiary/aromatic N) is 1. The predicted molar refractivity (Wildman–Crippen MR) is 93.1 cm³/mol. The lowest BCUT2D eigenvalue weighted by molar-refractivity contribution is 0.267. The Morgan fingerprint density at radius 2 is 1.48 bits per heavy atom. The summed E-state index contributed by atoms with van der Waals surface area (Å²) >= 11 is 0. The van der Waals surface area contributed by atoms with E-state index in [9.17, 15) is 0 Å². The molecule has 0 spiro atoms. The fourth-order valence-electron chi connectivity index (χ4n) is 2.48. The first kappa shape index (κ1) is 15.3. The van der Waals surface area contributed by atoms with Crippen molar-refractivity contribution < 1.29 is 9.47 Å². The Hall–Kier alpha value is -2.55. The molecule has 0 aliphatic carbocycles. The molecule has 0 fully saturated rings. The van der Waals surface area contributed by atoms with Crippen LogP contribution >= 0.6 is 0 Å². The van der Waals surface area contributed by atoms with Crippen molar-refractivity contribution in [1.29, 1.82) is 0 Å². The molecule has 3 aromatic rings. The molecule has 2 aromatic carbocycles. The minimum absolute atomic E-state index is 0.673. The lowest BCUT2D eigenvalue weighted by Gasteiger charge is -2.10. The highest BCUT2D eigenvalue weighted by Gasteiger charge is 2.02. The third kappa shape index (κ3) is 4.01. The van der Waals surface area contributed by atoms with E-state index in [1.807, 2.05) is 48.5 Å². The highest BCUT2D eigenvalue weighted by molar-refractivity contribution is 5.84. The first-order valence-corrected chi connectivity index (χ1v) is 7.99. The van der Waals surface area contributed by atoms with E-state index >= 15 is 0 Å². The van der Waals surface area contributed by atoms with E-state index in [4.69, 9.17) is 9.47 Å². The van der Waals surface area contributed by atoms with Crippen LogP contribution in [0.4, 0.5) is 0 Å². The number of ether oxygens (including phenoxy) is 2. The number of pyridine rings is 1. The maximum Gasteiger partial charge on any atom is 0.145 e. The number of aromatic nitrogens is 1. The van der Waals surface area contributed by atoms with Gasteiger partial charge in [-0.2, -0.15) is 0 Å². The summed E-state index contributed by atoms with van der Waals surface area (Å²) in [7, 11) is 0. The number of hydrogen-bond donors (Lipinski definition) is 0. The second-order valence-electron chi connectivity index (χ2n) is 5.50. The van der Waals surface area contributed by atoms with Crippen LogP contribution in [0.3, 0.4) is 0 Å². The Kier molecular flexibility index (Phi) is 5.09. The molecule has 1 heterocycles. The van der Waals surface area contributed by atoms with E-state index in [-0.39, 0.29) is 0 Å². The molecule has 0 unspecified atom stereocenters. The third-order valence-corrected chi connectivity index (χ3v) is 3.74. The van der Waals surface area contributed by atoms with E-state index in [0.29, 0.717) is 13.2 Å². The minimum Gasteiger partial charge on any atom is -0.493 e. The van der Waals surface area contributed by atoms with E-state index in [1.165, 1.54) is 5.56 Å². The molecular weight excluding hydrogens is 286 g/mol. The molecule has 0 atom stereocenters. The average molecular weight is 307 g/mol. The molecule has 3 rings (SSSR count). The second kappa shape index (κ2) is 7.63. The summed E-state index contributed by atoms with van der Waals surface area (Å²) in [6.07, 6.45) is 3.72. The van der Waals surface area contributed by atoms with Crippen LogP contribution in [-0.4, -0.2) is 18.2 Å². The topological polar surface area (TPSA) is 31.4 Å². The third-order valence-electron chi connectivity index (χ3n) is 3.74. The van der Waals surface area contributed by atoms with E-state index in [1.54, 1.807) is 6.20 Å². The van der Waals surface area contributed by atoms with Crippen LogP contribution in [0.1, 0.15) is 18.4 Å². The van der Waals surface area contributed by atoms with Crippen LogP contribution in [0, 0.1) is 6.92 Å². The van der Waals surface area contributed by atoms with Crippen molar-refractivity contribution in [2.45, 2.75) is 19.8 Å². The van der Waals surface area contributed by atoms with E-state index < -0.39 is 0 Å². The normalized spacial score (nSPS) is 10.7. The van der Waals surface area contributed by atoms with Gasteiger partial charge in [-0.05, 0) is 43.5 Å². The van der Waals surface area contributed by atoms with Crippen molar-refractivity contribution in [3.8, 4) is 11.5 Å². The molecule has 0 saturated carbocycles. The summed E-state index contributed by atoms with van der Waals surface area (Å²) in [5, 5.41) is 1.10. The number of rotatable bonds is 7. The van der Waals surface area contributed by atoms with Crippen molar-refractivity contribution in [3.05, 3.63) is 66.4 Å². The quantitative estimate of drug-likeness (QED) is 0.589. The van der Waals surface area contributed by atoms with Gasteiger partial charge in [0.05, 0.1) is 13.2 Å². The van der Waals surface area contributed by atoms with Crippen LogP contribution in [0.15, 0.2) is 60.8 Å². The zero-order valence-corrected chi connectivity index (χ0v) is 13.4. The SMILES string of the molecule is Cc1ccccc1OCCCCOc1cccc2cccnc12. The number of fused-ring (bicyclic) bond motifs is 1. The van der Waals surface area contributed by atoms with E-state index in [2.05, 4.69) is 18.0 Å². The summed E-state index contributed by atoms with van der Waals surface area (Å²) < 4.78 is 11.7. The lowest BCUT2D eigenvalue weighted by Crippen LogP contribution is -2.03. The molecule has 0 saturated heterocycles. The highest BCUT2D eigenvalue weighted by atomic mass is 16.5. The smallest absolute Gasteiger partial charge is 0.145 e. The maximum atomic E-state index is 5.88. The second-order valence-corrected chi connectivity index (χ2v) is 5.50. The molecule has 3 nitrogen and oxygen atoms in total. The molecular formula is C20H21NO2. The standard InChI is InChI=1S/C20H21NO2/c1-16-8-2-3-11-18(16)22-14-4-5-15-23-19-12-6-9-17-10-7-13-21-20(17)19/h2-3,6-13H,4-5,14-15H2,1H3. The molecule has 0 aliphatic heterocycles. The number of aryl methyl sites for hydroxylation is 1. The van der Waals surface area contributed by atoms with Gasteiger partial charge in [0.15, 0.2) is 0 Å². The molecule has 1 aromatic heterocycles. The zero-order chi connectivity index (χ0) is 15.9. The monoisotopic (exact) mass is 307 g/mol. The summed E-state index contributed by atoms with van der Waals surface area (Å²) in [6.45, 7) is 3.45. The van der Waals surface area contributed by atoms with Gasteiger partial charge in [-0.1, -0.05) is 36.4 Å². The van der Waals surface area contributed by atoms with E-state index in [0.717, 1.165) is 35.2 Å². The van der Waals surface area contributed by atoms with Crippen LogP contribution in [0.2, 0.25) is 0 Å². The first-order chi connectivity index (χ1) is 11.3. The van der Waals surface area contributed by atoms with Gasteiger partial charge in [-0.3, -0.25) is 4.98 Å². The Balaban J connectivity index is 1.44. The molecule has 0 aliphatic rings. The highest BCUT2D eigenvalue weighted by Crippen LogP contribution is 2.23. The number of benzene rings is 2. The summed E-state index contributed by atoms with van der Waals surface area (Å²) in [5.41, 5.74) is 2.09. The Labute approximate surface area is 136 Å². The molecule has 3 heteroatoms. The Morgan fingerprint density at radius 3 is 2.30 bits per heavy atom. The number of hydrogen-bond acceptors (Lipinski definition) is 3. The Bertz CT molecular complexity index is 765. The van der Waals surface area contributed by atoms with Gasteiger partial charge in [0, 0.05) is 11.6 Å². The fourth-order valence-corrected chi connectivity index (χ4v) is 2.48. The summed E-state index contributed by atoms with van der Waals surface area (Å²) in [5.74, 6) is 1.81. The molecule has 118 valence electrons. The van der Waals surface area contributed by atoms with Crippen molar-refractivity contribution >= 4 is 10.9 Å². The maximum absolute atomic E-state index is 5.88. The zero-order valence-electron chi connectivity index (χ0n) is 13.4. The Morgan fingerprint density at radius 1 is 0.783 bits per heavy atom. The summed E-state index contributed by atoms with van der Waals surface area (Å²) in [4.78, 5) is 4.40. The van der Waals surface area contributed by atoms with Gasteiger partial charge in [-0.25, -0.2) is 0 Å². The van der Waals surface area contributed by atoms with Crippen LogP contribution in [-0.2, 0) is 0 Å². The molecule has 0 radical (unpaired) electrons. The van der Waals surface area contributed by atoms with Gasteiger partial charge in [0.1, 0.15) is 17.0 Å². The minimum atomic E-state index is 0.673. The largest absolute Gasteiger partial charge is 0.493 e. The summed E-state index contributed by atoms with van der Waals surface area (Å²) in [6, 6.07) is 18.1. The van der Waals surface area contributed by atoms with Gasteiger partial charge >= 0.3 is 0 Å².